The SMILES string of the molecule is CCOC(=O)c1c(NC(=O)COc2ccc(C)c(C)c2)sc2c1CCCCC2. The van der Waals surface area contributed by atoms with Gasteiger partial charge in [0.25, 0.3) is 5.91 Å². The predicted molar refractivity (Wildman–Crippen MR) is 112 cm³/mol. The first-order valence-electron chi connectivity index (χ1n) is 9.81. The summed E-state index contributed by atoms with van der Waals surface area (Å²) in [5.41, 5.74) is 3.87. The van der Waals surface area contributed by atoms with Gasteiger partial charge in [0.1, 0.15) is 10.8 Å². The Labute approximate surface area is 170 Å². The first-order valence-corrected chi connectivity index (χ1v) is 10.6. The summed E-state index contributed by atoms with van der Waals surface area (Å²) in [6.07, 6.45) is 5.13. The number of benzene rings is 1. The maximum atomic E-state index is 12.5. The molecule has 0 saturated heterocycles. The van der Waals surface area contributed by atoms with Crippen LogP contribution in [0, 0.1) is 13.8 Å². The minimum atomic E-state index is -0.354. The number of thiophene rings is 1. The van der Waals surface area contributed by atoms with Crippen molar-refractivity contribution in [1.82, 2.24) is 0 Å². The van der Waals surface area contributed by atoms with Crippen molar-refractivity contribution in [1.29, 1.82) is 0 Å². The van der Waals surface area contributed by atoms with Crippen LogP contribution in [0.4, 0.5) is 5.00 Å². The molecule has 0 fully saturated rings. The molecule has 0 saturated carbocycles. The van der Waals surface area contributed by atoms with Crippen LogP contribution in [0.5, 0.6) is 5.75 Å². The summed E-state index contributed by atoms with van der Waals surface area (Å²) >= 11 is 1.50. The van der Waals surface area contributed by atoms with Crippen molar-refractivity contribution in [2.75, 3.05) is 18.5 Å². The van der Waals surface area contributed by atoms with Crippen LogP contribution in [0.3, 0.4) is 0 Å². The normalized spacial score (nSPS) is 13.4. The van der Waals surface area contributed by atoms with Crippen molar-refractivity contribution < 1.29 is 19.1 Å². The molecule has 1 aromatic heterocycles. The number of ether oxygens (including phenoxy) is 2. The van der Waals surface area contributed by atoms with Gasteiger partial charge in [-0.05, 0) is 75.3 Å². The molecule has 2 aromatic rings. The molecule has 6 heteroatoms. The van der Waals surface area contributed by atoms with E-state index in [2.05, 4.69) is 5.32 Å². The van der Waals surface area contributed by atoms with Gasteiger partial charge in [0.2, 0.25) is 0 Å². The fourth-order valence-corrected chi connectivity index (χ4v) is 4.66. The maximum Gasteiger partial charge on any atom is 0.341 e. The molecular weight excluding hydrogens is 374 g/mol. The number of hydrogen-bond donors (Lipinski definition) is 1. The Hall–Kier alpha value is -2.34. The molecule has 1 aliphatic rings. The summed E-state index contributed by atoms with van der Waals surface area (Å²) in [4.78, 5) is 26.2. The van der Waals surface area contributed by atoms with E-state index in [0.29, 0.717) is 22.9 Å². The van der Waals surface area contributed by atoms with Crippen LogP contribution in [0.1, 0.15) is 58.1 Å². The third kappa shape index (κ3) is 4.73. The van der Waals surface area contributed by atoms with E-state index in [0.717, 1.165) is 43.2 Å². The van der Waals surface area contributed by atoms with Crippen LogP contribution in [-0.4, -0.2) is 25.1 Å². The monoisotopic (exact) mass is 401 g/mol. The van der Waals surface area contributed by atoms with Crippen molar-refractivity contribution in [2.24, 2.45) is 0 Å². The molecule has 0 radical (unpaired) electrons. The third-order valence-electron chi connectivity index (χ3n) is 5.00. The molecule has 0 atom stereocenters. The number of aryl methyl sites for hydroxylation is 3. The standard InChI is InChI=1S/C22H27NO4S/c1-4-26-22(25)20-17-8-6-5-7-9-18(17)28-21(20)23-19(24)13-27-16-11-10-14(2)15(3)12-16/h10-12H,4-9,13H2,1-3H3,(H,23,24). The molecule has 0 bridgehead atoms. The highest BCUT2D eigenvalue weighted by molar-refractivity contribution is 7.17. The number of carbonyl (C=O) groups excluding carboxylic acids is 2. The van der Waals surface area contributed by atoms with Gasteiger partial charge in [-0.1, -0.05) is 12.5 Å². The van der Waals surface area contributed by atoms with Crippen molar-refractivity contribution in [3.63, 3.8) is 0 Å². The zero-order valence-corrected chi connectivity index (χ0v) is 17.5. The lowest BCUT2D eigenvalue weighted by Crippen LogP contribution is -2.21. The Morgan fingerprint density at radius 2 is 1.89 bits per heavy atom. The maximum absolute atomic E-state index is 12.5. The fourth-order valence-electron chi connectivity index (χ4n) is 3.37. The summed E-state index contributed by atoms with van der Waals surface area (Å²) in [6.45, 7) is 6.04. The van der Waals surface area contributed by atoms with Crippen molar-refractivity contribution >= 4 is 28.2 Å². The summed E-state index contributed by atoms with van der Waals surface area (Å²) in [5.74, 6) is 0.0262. The summed E-state index contributed by atoms with van der Waals surface area (Å²) in [6, 6.07) is 5.74. The number of fused-ring (bicyclic) bond motifs is 1. The topological polar surface area (TPSA) is 64.6 Å². The molecule has 28 heavy (non-hydrogen) atoms. The van der Waals surface area contributed by atoms with Gasteiger partial charge in [-0.25, -0.2) is 4.79 Å². The minimum Gasteiger partial charge on any atom is -0.484 e. The number of rotatable bonds is 6. The average Bonchev–Trinajstić information content (AvgIpc) is 2.83. The van der Waals surface area contributed by atoms with E-state index in [1.165, 1.54) is 21.8 Å². The van der Waals surface area contributed by atoms with Crippen LogP contribution in [-0.2, 0) is 22.4 Å². The highest BCUT2D eigenvalue weighted by atomic mass is 32.1. The molecular formula is C22H27NO4S. The highest BCUT2D eigenvalue weighted by Gasteiger charge is 2.26. The second kappa shape index (κ2) is 9.24. The number of esters is 1. The second-order valence-corrected chi connectivity index (χ2v) is 8.18. The van der Waals surface area contributed by atoms with Crippen molar-refractivity contribution in [2.45, 2.75) is 52.9 Å². The zero-order chi connectivity index (χ0) is 20.1. The van der Waals surface area contributed by atoms with E-state index in [1.807, 2.05) is 32.0 Å². The van der Waals surface area contributed by atoms with Crippen LogP contribution in [0.15, 0.2) is 18.2 Å². The van der Waals surface area contributed by atoms with Gasteiger partial charge in [0.15, 0.2) is 6.61 Å². The summed E-state index contributed by atoms with van der Waals surface area (Å²) < 4.78 is 10.9. The molecule has 1 heterocycles. The van der Waals surface area contributed by atoms with E-state index in [-0.39, 0.29) is 18.5 Å². The van der Waals surface area contributed by atoms with Crippen LogP contribution < -0.4 is 10.1 Å². The molecule has 1 amide bonds. The average molecular weight is 402 g/mol. The van der Waals surface area contributed by atoms with Gasteiger partial charge in [0.05, 0.1) is 12.2 Å². The summed E-state index contributed by atoms with van der Waals surface area (Å²) in [5, 5.41) is 3.46. The summed E-state index contributed by atoms with van der Waals surface area (Å²) in [7, 11) is 0. The van der Waals surface area contributed by atoms with Gasteiger partial charge in [-0.15, -0.1) is 11.3 Å². The Balaban J connectivity index is 1.74. The van der Waals surface area contributed by atoms with Gasteiger partial charge >= 0.3 is 5.97 Å². The van der Waals surface area contributed by atoms with Gasteiger partial charge in [-0.3, -0.25) is 4.79 Å². The number of nitrogens with one attached hydrogen (secondary N) is 1. The van der Waals surface area contributed by atoms with Crippen LogP contribution in [0.2, 0.25) is 0 Å². The van der Waals surface area contributed by atoms with E-state index in [9.17, 15) is 9.59 Å². The molecule has 3 rings (SSSR count). The van der Waals surface area contributed by atoms with Crippen molar-refractivity contribution in [3.8, 4) is 5.75 Å². The quantitative estimate of drug-likeness (QED) is 0.556. The molecule has 1 N–H and O–H groups in total. The lowest BCUT2D eigenvalue weighted by Gasteiger charge is -2.10. The fraction of sp³-hybridized carbons (Fsp3) is 0.455. The first kappa shape index (κ1) is 20.4. The van der Waals surface area contributed by atoms with E-state index in [1.54, 1.807) is 6.92 Å². The number of hydrogen-bond acceptors (Lipinski definition) is 5. The molecule has 0 aliphatic heterocycles. The Bertz CT molecular complexity index is 872. The Kier molecular flexibility index (Phi) is 6.73. The predicted octanol–water partition coefficient (Wildman–Crippen LogP) is 4.83. The lowest BCUT2D eigenvalue weighted by atomic mass is 10.1. The van der Waals surface area contributed by atoms with E-state index in [4.69, 9.17) is 9.47 Å². The molecule has 1 aromatic carbocycles. The lowest BCUT2D eigenvalue weighted by molar-refractivity contribution is -0.118. The molecule has 1 aliphatic carbocycles. The van der Waals surface area contributed by atoms with Crippen LogP contribution >= 0.6 is 11.3 Å². The second-order valence-electron chi connectivity index (χ2n) is 7.07. The van der Waals surface area contributed by atoms with Gasteiger partial charge in [0, 0.05) is 4.88 Å². The Morgan fingerprint density at radius 3 is 2.64 bits per heavy atom. The van der Waals surface area contributed by atoms with E-state index >= 15 is 0 Å². The molecule has 5 nitrogen and oxygen atoms in total. The third-order valence-corrected chi connectivity index (χ3v) is 6.21. The van der Waals surface area contributed by atoms with Crippen molar-refractivity contribution in [3.05, 3.63) is 45.3 Å². The highest BCUT2D eigenvalue weighted by Crippen LogP contribution is 2.38. The Morgan fingerprint density at radius 1 is 1.11 bits per heavy atom. The zero-order valence-electron chi connectivity index (χ0n) is 16.7. The first-order chi connectivity index (χ1) is 13.5. The number of carbonyl (C=O) groups is 2. The molecule has 0 unspecified atom stereocenters. The van der Waals surface area contributed by atoms with Gasteiger partial charge < -0.3 is 14.8 Å². The van der Waals surface area contributed by atoms with Crippen LogP contribution in [0.25, 0.3) is 0 Å². The number of anilines is 1. The smallest absolute Gasteiger partial charge is 0.341 e. The molecule has 150 valence electrons. The number of amides is 1. The molecule has 0 spiro atoms. The largest absolute Gasteiger partial charge is 0.484 e. The van der Waals surface area contributed by atoms with E-state index < -0.39 is 0 Å². The van der Waals surface area contributed by atoms with Gasteiger partial charge in [-0.2, -0.15) is 0 Å². The minimum absolute atomic E-state index is 0.104.